The number of esters is 1. The van der Waals surface area contributed by atoms with Gasteiger partial charge in [-0.1, -0.05) is 44.9 Å². The Kier molecular flexibility index (Phi) is 11.4. The van der Waals surface area contributed by atoms with Crippen molar-refractivity contribution in [3.05, 3.63) is 30.3 Å². The van der Waals surface area contributed by atoms with Crippen LogP contribution in [0.25, 0.3) is 0 Å². The SMILES string of the molecule is CC1CCCCCC(OC(=O)NC(C)(C)CNS(=O)(=O)c2ccccc2)C(=O)C(C)CCCOC1=O. The molecule has 0 aromatic heterocycles. The molecule has 1 amide bonds. The lowest BCUT2D eigenvalue weighted by Crippen LogP contribution is -2.52. The summed E-state index contributed by atoms with van der Waals surface area (Å²) >= 11 is 0. The van der Waals surface area contributed by atoms with Crippen molar-refractivity contribution in [3.63, 3.8) is 0 Å². The van der Waals surface area contributed by atoms with Crippen molar-refractivity contribution in [1.29, 1.82) is 0 Å². The van der Waals surface area contributed by atoms with Crippen LogP contribution in [0.2, 0.25) is 0 Å². The Morgan fingerprint density at radius 3 is 2.33 bits per heavy atom. The summed E-state index contributed by atoms with van der Waals surface area (Å²) in [7, 11) is -3.74. The molecule has 2 rings (SSSR count). The normalized spacial score (nSPS) is 23.3. The molecule has 0 radical (unpaired) electrons. The number of cyclic esters (lactones) is 1. The number of amides is 1. The van der Waals surface area contributed by atoms with Gasteiger partial charge in [-0.2, -0.15) is 0 Å². The molecule has 1 saturated heterocycles. The zero-order valence-corrected chi connectivity index (χ0v) is 22.6. The molecule has 0 aliphatic carbocycles. The van der Waals surface area contributed by atoms with E-state index >= 15 is 0 Å². The van der Waals surface area contributed by atoms with Crippen molar-refractivity contribution in [3.8, 4) is 0 Å². The molecule has 9 nitrogen and oxygen atoms in total. The first kappa shape index (κ1) is 29.8. The number of ketones is 1. The van der Waals surface area contributed by atoms with E-state index in [1.807, 2.05) is 6.92 Å². The van der Waals surface area contributed by atoms with Gasteiger partial charge in [-0.3, -0.25) is 9.59 Å². The predicted octanol–water partition coefficient (Wildman–Crippen LogP) is 3.97. The maximum atomic E-state index is 13.0. The third-order valence-electron chi connectivity index (χ3n) is 6.28. The zero-order valence-electron chi connectivity index (χ0n) is 21.7. The van der Waals surface area contributed by atoms with E-state index in [0.717, 1.165) is 12.8 Å². The topological polar surface area (TPSA) is 128 Å². The first-order chi connectivity index (χ1) is 16.9. The first-order valence-electron chi connectivity index (χ1n) is 12.6. The predicted molar refractivity (Wildman–Crippen MR) is 136 cm³/mol. The second-order valence-corrected chi connectivity index (χ2v) is 12.0. The summed E-state index contributed by atoms with van der Waals surface area (Å²) in [6.07, 6.45) is 2.82. The number of nitrogens with one attached hydrogen (secondary N) is 2. The molecule has 3 unspecified atom stereocenters. The molecule has 1 aliphatic heterocycles. The molecule has 3 atom stereocenters. The van der Waals surface area contributed by atoms with E-state index in [0.29, 0.717) is 32.1 Å². The number of carbonyl (C=O) groups excluding carboxylic acids is 3. The Morgan fingerprint density at radius 1 is 1.00 bits per heavy atom. The summed E-state index contributed by atoms with van der Waals surface area (Å²) < 4.78 is 38.4. The van der Waals surface area contributed by atoms with E-state index < -0.39 is 27.8 Å². The van der Waals surface area contributed by atoms with E-state index in [1.54, 1.807) is 39.0 Å². The molecular weight excluding hydrogens is 484 g/mol. The molecular formula is C26H40N2O7S. The summed E-state index contributed by atoms with van der Waals surface area (Å²) in [5, 5.41) is 2.68. The number of rotatable bonds is 6. The van der Waals surface area contributed by atoms with E-state index in [-0.39, 0.29) is 41.6 Å². The van der Waals surface area contributed by atoms with Gasteiger partial charge in [0.15, 0.2) is 11.9 Å². The van der Waals surface area contributed by atoms with Crippen molar-refractivity contribution >= 4 is 27.9 Å². The summed E-state index contributed by atoms with van der Waals surface area (Å²) in [4.78, 5) is 37.9. The highest BCUT2D eigenvalue weighted by molar-refractivity contribution is 7.89. The smallest absolute Gasteiger partial charge is 0.408 e. The minimum Gasteiger partial charge on any atom is -0.465 e. The van der Waals surface area contributed by atoms with Crippen molar-refractivity contribution in [1.82, 2.24) is 10.0 Å². The van der Waals surface area contributed by atoms with E-state index in [4.69, 9.17) is 9.47 Å². The van der Waals surface area contributed by atoms with Gasteiger partial charge in [-0.15, -0.1) is 0 Å². The Bertz CT molecular complexity index is 979. The maximum absolute atomic E-state index is 13.0. The van der Waals surface area contributed by atoms with Crippen LogP contribution in [-0.2, 0) is 29.1 Å². The molecule has 10 heteroatoms. The third kappa shape index (κ3) is 9.89. The number of carbonyl (C=O) groups is 3. The molecule has 1 aromatic carbocycles. The number of ether oxygens (including phenoxy) is 2. The van der Waals surface area contributed by atoms with Gasteiger partial charge in [0, 0.05) is 12.5 Å². The molecule has 0 bridgehead atoms. The van der Waals surface area contributed by atoms with Crippen LogP contribution in [-0.4, -0.2) is 51.1 Å². The minimum absolute atomic E-state index is 0.0642. The number of benzene rings is 1. The number of hydrogen-bond acceptors (Lipinski definition) is 7. The molecule has 0 spiro atoms. The van der Waals surface area contributed by atoms with Crippen molar-refractivity contribution in [2.24, 2.45) is 11.8 Å². The minimum atomic E-state index is -3.74. The number of Topliss-reactive ketones (excluding diaryl/α,β-unsaturated/α-hetero) is 1. The fourth-order valence-corrected chi connectivity index (χ4v) is 5.17. The molecule has 1 aromatic rings. The van der Waals surface area contributed by atoms with Gasteiger partial charge in [0.2, 0.25) is 10.0 Å². The van der Waals surface area contributed by atoms with Crippen molar-refractivity contribution in [2.45, 2.75) is 89.2 Å². The molecule has 1 aliphatic rings. The Hall–Kier alpha value is -2.46. The van der Waals surface area contributed by atoms with Gasteiger partial charge in [-0.05, 0) is 58.1 Å². The van der Waals surface area contributed by atoms with Gasteiger partial charge >= 0.3 is 12.1 Å². The second kappa shape index (κ2) is 13.7. The molecule has 1 fully saturated rings. The molecule has 0 saturated carbocycles. The second-order valence-electron chi connectivity index (χ2n) is 10.2. The quantitative estimate of drug-likeness (QED) is 0.539. The summed E-state index contributed by atoms with van der Waals surface area (Å²) in [5.41, 5.74) is -0.963. The lowest BCUT2D eigenvalue weighted by atomic mass is 9.93. The van der Waals surface area contributed by atoms with Gasteiger partial charge in [0.1, 0.15) is 0 Å². The Morgan fingerprint density at radius 2 is 1.64 bits per heavy atom. The van der Waals surface area contributed by atoms with Crippen LogP contribution in [0.1, 0.15) is 72.6 Å². The first-order valence-corrected chi connectivity index (χ1v) is 14.1. The average Bonchev–Trinajstić information content (AvgIpc) is 2.83. The maximum Gasteiger partial charge on any atom is 0.408 e. The van der Waals surface area contributed by atoms with E-state index in [1.165, 1.54) is 12.1 Å². The van der Waals surface area contributed by atoms with E-state index in [2.05, 4.69) is 10.0 Å². The number of alkyl carbamates (subject to hydrolysis) is 1. The van der Waals surface area contributed by atoms with Gasteiger partial charge in [0.25, 0.3) is 0 Å². The lowest BCUT2D eigenvalue weighted by Gasteiger charge is -2.28. The summed E-state index contributed by atoms with van der Waals surface area (Å²) in [6, 6.07) is 7.96. The average molecular weight is 525 g/mol. The zero-order chi connectivity index (χ0) is 26.8. The van der Waals surface area contributed by atoms with Crippen molar-refractivity contribution in [2.75, 3.05) is 13.2 Å². The van der Waals surface area contributed by atoms with Crippen LogP contribution in [0.5, 0.6) is 0 Å². The van der Waals surface area contributed by atoms with Crippen LogP contribution in [0, 0.1) is 11.8 Å². The molecule has 1 heterocycles. The van der Waals surface area contributed by atoms with Crippen molar-refractivity contribution < 1.29 is 32.3 Å². The Balaban J connectivity index is 1.96. The van der Waals surface area contributed by atoms with Gasteiger partial charge in [-0.25, -0.2) is 17.9 Å². The highest BCUT2D eigenvalue weighted by Crippen LogP contribution is 2.20. The monoisotopic (exact) mass is 524 g/mol. The van der Waals surface area contributed by atoms with Crippen LogP contribution in [0.3, 0.4) is 0 Å². The fourth-order valence-electron chi connectivity index (χ4n) is 3.94. The van der Waals surface area contributed by atoms with Crippen LogP contribution >= 0.6 is 0 Å². The molecule has 202 valence electrons. The standard InChI is InChI=1S/C26H40N2O7S/c1-19-13-11-17-34-24(30)20(2)12-7-5-10-16-22(23(19)29)35-25(31)28-26(3,4)18-27-36(32,33)21-14-8-6-9-15-21/h6,8-9,14-15,19-20,22,27H,5,7,10-13,16-18H2,1-4H3,(H,28,31). The largest absolute Gasteiger partial charge is 0.465 e. The highest BCUT2D eigenvalue weighted by atomic mass is 32.2. The Labute approximate surface area is 214 Å². The van der Waals surface area contributed by atoms with Crippen LogP contribution in [0.4, 0.5) is 4.79 Å². The van der Waals surface area contributed by atoms with E-state index in [9.17, 15) is 22.8 Å². The third-order valence-corrected chi connectivity index (χ3v) is 7.70. The number of hydrogen-bond donors (Lipinski definition) is 2. The summed E-state index contributed by atoms with van der Waals surface area (Å²) in [6.45, 7) is 7.18. The van der Waals surface area contributed by atoms with Crippen LogP contribution in [0.15, 0.2) is 35.2 Å². The lowest BCUT2D eigenvalue weighted by molar-refractivity contribution is -0.148. The van der Waals surface area contributed by atoms with Crippen LogP contribution < -0.4 is 10.0 Å². The van der Waals surface area contributed by atoms with Gasteiger partial charge < -0.3 is 14.8 Å². The molecule has 36 heavy (non-hydrogen) atoms. The molecule has 2 N–H and O–H groups in total. The number of sulfonamides is 1. The fraction of sp³-hybridized carbons (Fsp3) is 0.654. The van der Waals surface area contributed by atoms with Gasteiger partial charge in [0.05, 0.1) is 23.0 Å². The highest BCUT2D eigenvalue weighted by Gasteiger charge is 2.30. The summed E-state index contributed by atoms with van der Waals surface area (Å²) in [5.74, 6) is -0.874.